The highest BCUT2D eigenvalue weighted by molar-refractivity contribution is 9.11. The van der Waals surface area contributed by atoms with E-state index in [1.807, 2.05) is 0 Å². The summed E-state index contributed by atoms with van der Waals surface area (Å²) >= 11 is 1.71. The predicted molar refractivity (Wildman–Crippen MR) is 52.5 cm³/mol. The molecule has 0 aromatic carbocycles. The van der Waals surface area contributed by atoms with Gasteiger partial charge in [-0.05, 0) is 28.1 Å². The quantitative estimate of drug-likeness (QED) is 0.523. The molecular weight excluding hydrogens is 282 g/mol. The summed E-state index contributed by atoms with van der Waals surface area (Å²) in [4.78, 5) is 9.89. The maximum atomic E-state index is 10.6. The predicted octanol–water partition coefficient (Wildman–Crippen LogP) is 2.01. The minimum Gasteiger partial charge on any atom is -0.301 e. The molecule has 2 unspecified atom stereocenters. The summed E-state index contributed by atoms with van der Waals surface area (Å²) in [6.07, 6.45) is 0. The highest BCUT2D eigenvalue weighted by Gasteiger charge is 2.30. The highest BCUT2D eigenvalue weighted by Crippen LogP contribution is 2.30. The zero-order valence-corrected chi connectivity index (χ0v) is 9.26. The van der Waals surface area contributed by atoms with Crippen LogP contribution in [0.2, 0.25) is 0 Å². The molecule has 13 heavy (non-hydrogen) atoms. The van der Waals surface area contributed by atoms with E-state index in [0.29, 0.717) is 3.79 Å². The number of hydrogen-bond donors (Lipinski definition) is 1. The van der Waals surface area contributed by atoms with Crippen molar-refractivity contribution < 1.29 is 13.7 Å². The Morgan fingerprint density at radius 3 is 2.62 bits per heavy atom. The highest BCUT2D eigenvalue weighted by atomic mass is 79.9. The maximum absolute atomic E-state index is 10.6. The van der Waals surface area contributed by atoms with E-state index < -0.39 is 21.4 Å². The molecule has 0 saturated carbocycles. The lowest BCUT2D eigenvalue weighted by Crippen LogP contribution is -2.14. The Labute approximate surface area is 88.3 Å². The first-order chi connectivity index (χ1) is 6.02. The molecule has 0 aliphatic heterocycles. The summed E-state index contributed by atoms with van der Waals surface area (Å²) in [5.74, 6) is 0. The van der Waals surface area contributed by atoms with E-state index in [1.165, 1.54) is 6.07 Å². The third kappa shape index (κ3) is 2.56. The van der Waals surface area contributed by atoms with E-state index in [4.69, 9.17) is 4.55 Å². The molecular formula is C5H4BrNO4S2. The summed E-state index contributed by atoms with van der Waals surface area (Å²) in [5, 5.41) is 8.85. The Hall–Kier alpha value is -0.310. The molecule has 1 aromatic heterocycles. The Morgan fingerprint density at radius 1 is 1.69 bits per heavy atom. The van der Waals surface area contributed by atoms with Crippen LogP contribution in [-0.4, -0.2) is 13.7 Å². The molecule has 1 N–H and O–H groups in total. The number of thiophene rings is 1. The van der Waals surface area contributed by atoms with Crippen LogP contribution in [0.1, 0.15) is 10.3 Å². The van der Waals surface area contributed by atoms with Crippen LogP contribution in [0.5, 0.6) is 0 Å². The lowest BCUT2D eigenvalue weighted by atomic mass is 10.5. The average Bonchev–Trinajstić information content (AvgIpc) is 2.34. The van der Waals surface area contributed by atoms with Crippen molar-refractivity contribution in [1.82, 2.24) is 0 Å². The second-order valence-electron chi connectivity index (χ2n) is 2.06. The van der Waals surface area contributed by atoms with Gasteiger partial charge in [-0.15, -0.1) is 11.3 Å². The maximum Gasteiger partial charge on any atom is 0.344 e. The van der Waals surface area contributed by atoms with Crippen LogP contribution >= 0.6 is 27.3 Å². The first-order valence-electron chi connectivity index (χ1n) is 3.00. The van der Waals surface area contributed by atoms with E-state index in [9.17, 15) is 14.3 Å². The Bertz CT molecular complexity index is 338. The van der Waals surface area contributed by atoms with Crippen molar-refractivity contribution in [2.45, 2.75) is 5.37 Å². The lowest BCUT2D eigenvalue weighted by Gasteiger charge is -2.00. The molecule has 72 valence electrons. The van der Waals surface area contributed by atoms with Crippen molar-refractivity contribution in [1.29, 1.82) is 0 Å². The fourth-order valence-electron chi connectivity index (χ4n) is 0.738. The molecule has 0 fully saturated rings. The summed E-state index contributed by atoms with van der Waals surface area (Å²) in [6, 6.07) is 3.06. The SMILES string of the molecule is O=[N+]([O-])C(c1ccc(Br)s1)S(=O)O. The van der Waals surface area contributed by atoms with Crippen LogP contribution in [0.15, 0.2) is 15.9 Å². The molecule has 0 radical (unpaired) electrons. The second-order valence-corrected chi connectivity index (χ2v) is 5.55. The van der Waals surface area contributed by atoms with Gasteiger partial charge in [-0.2, -0.15) is 0 Å². The molecule has 0 aliphatic rings. The third-order valence-corrected chi connectivity index (χ3v) is 3.85. The first-order valence-corrected chi connectivity index (χ1v) is 5.78. The van der Waals surface area contributed by atoms with Gasteiger partial charge in [-0.25, -0.2) is 4.21 Å². The first kappa shape index (κ1) is 10.8. The lowest BCUT2D eigenvalue weighted by molar-refractivity contribution is -0.502. The minimum atomic E-state index is -2.48. The molecule has 1 aromatic rings. The molecule has 0 aliphatic carbocycles. The third-order valence-electron chi connectivity index (χ3n) is 1.22. The van der Waals surface area contributed by atoms with E-state index in [-0.39, 0.29) is 4.88 Å². The van der Waals surface area contributed by atoms with Crippen molar-refractivity contribution >= 4 is 38.3 Å². The van der Waals surface area contributed by atoms with Gasteiger partial charge in [0.25, 0.3) is 0 Å². The summed E-state index contributed by atoms with van der Waals surface area (Å²) in [7, 11) is 0. The van der Waals surface area contributed by atoms with Gasteiger partial charge in [0.15, 0.2) is 0 Å². The Morgan fingerprint density at radius 2 is 2.31 bits per heavy atom. The molecule has 1 rings (SSSR count). The molecule has 0 spiro atoms. The van der Waals surface area contributed by atoms with Crippen molar-refractivity contribution in [3.63, 3.8) is 0 Å². The summed E-state index contributed by atoms with van der Waals surface area (Å²) in [5.41, 5.74) is 0. The smallest absolute Gasteiger partial charge is 0.301 e. The van der Waals surface area contributed by atoms with Crippen LogP contribution in [0.3, 0.4) is 0 Å². The molecule has 2 atom stereocenters. The van der Waals surface area contributed by atoms with Crippen LogP contribution in [0.25, 0.3) is 0 Å². The van der Waals surface area contributed by atoms with E-state index in [0.717, 1.165) is 11.3 Å². The fourth-order valence-corrected chi connectivity index (χ4v) is 2.93. The fraction of sp³-hybridized carbons (Fsp3) is 0.200. The van der Waals surface area contributed by atoms with Crippen LogP contribution in [0, 0.1) is 10.1 Å². The van der Waals surface area contributed by atoms with Gasteiger partial charge in [-0.1, -0.05) is 0 Å². The number of nitrogens with zero attached hydrogens (tertiary/aromatic N) is 1. The Balaban J connectivity index is 3.02. The van der Waals surface area contributed by atoms with Crippen molar-refractivity contribution in [3.05, 3.63) is 30.9 Å². The van der Waals surface area contributed by atoms with Crippen molar-refractivity contribution in [3.8, 4) is 0 Å². The topological polar surface area (TPSA) is 80.4 Å². The van der Waals surface area contributed by atoms with E-state index in [2.05, 4.69) is 15.9 Å². The van der Waals surface area contributed by atoms with Gasteiger partial charge in [0, 0.05) is 4.92 Å². The van der Waals surface area contributed by atoms with Gasteiger partial charge in [0.2, 0.25) is 11.1 Å². The number of rotatable bonds is 3. The van der Waals surface area contributed by atoms with Gasteiger partial charge in [0.1, 0.15) is 0 Å². The van der Waals surface area contributed by atoms with Crippen LogP contribution in [-0.2, 0) is 11.1 Å². The molecule has 8 heteroatoms. The monoisotopic (exact) mass is 285 g/mol. The van der Waals surface area contributed by atoms with Crippen molar-refractivity contribution in [2.75, 3.05) is 0 Å². The number of hydrogen-bond acceptors (Lipinski definition) is 4. The van der Waals surface area contributed by atoms with Crippen LogP contribution < -0.4 is 0 Å². The molecule has 0 amide bonds. The summed E-state index contributed by atoms with van der Waals surface area (Å²) < 4.78 is 20.0. The van der Waals surface area contributed by atoms with E-state index >= 15 is 0 Å². The van der Waals surface area contributed by atoms with Gasteiger partial charge >= 0.3 is 5.37 Å². The molecule has 0 saturated heterocycles. The van der Waals surface area contributed by atoms with Gasteiger partial charge in [0.05, 0.1) is 8.66 Å². The average molecular weight is 286 g/mol. The number of nitro groups is 1. The van der Waals surface area contributed by atoms with Crippen molar-refractivity contribution in [2.24, 2.45) is 0 Å². The molecule has 0 bridgehead atoms. The Kier molecular flexibility index (Phi) is 3.54. The number of halogens is 1. The van der Waals surface area contributed by atoms with Gasteiger partial charge in [-0.3, -0.25) is 10.1 Å². The minimum absolute atomic E-state index is 0.262. The van der Waals surface area contributed by atoms with Gasteiger partial charge < -0.3 is 4.55 Å². The standard InChI is InChI=1S/C5H4BrNO4S2/c6-4-2-1-3(12-4)5(7(8)9)13(10)11/h1-2,5H,(H,10,11). The zero-order chi connectivity index (χ0) is 10.0. The zero-order valence-electron chi connectivity index (χ0n) is 6.05. The summed E-state index contributed by atoms with van der Waals surface area (Å²) in [6.45, 7) is 0. The van der Waals surface area contributed by atoms with E-state index in [1.54, 1.807) is 6.07 Å². The normalized spacial score (nSPS) is 15.2. The largest absolute Gasteiger partial charge is 0.344 e. The van der Waals surface area contributed by atoms with Crippen LogP contribution in [0.4, 0.5) is 0 Å². The molecule has 1 heterocycles. The second kappa shape index (κ2) is 4.27. The molecule has 5 nitrogen and oxygen atoms in total.